The molecule has 0 bridgehead atoms. The first-order valence-electron chi connectivity index (χ1n) is 6.11. The van der Waals surface area contributed by atoms with E-state index in [0.717, 1.165) is 31.4 Å². The Labute approximate surface area is 99.8 Å². The van der Waals surface area contributed by atoms with Crippen LogP contribution in [-0.2, 0) is 4.74 Å². The fourth-order valence-electron chi connectivity index (χ4n) is 2.09. The zero-order chi connectivity index (χ0) is 11.3. The summed E-state index contributed by atoms with van der Waals surface area (Å²) in [4.78, 5) is 2.59. The molecule has 2 nitrogen and oxygen atoms in total. The molecule has 1 fully saturated rings. The lowest BCUT2D eigenvalue weighted by Crippen LogP contribution is -2.47. The molecule has 1 heterocycles. The van der Waals surface area contributed by atoms with E-state index in [9.17, 15) is 0 Å². The first-order chi connectivity index (χ1) is 7.19. The van der Waals surface area contributed by atoms with E-state index in [4.69, 9.17) is 4.74 Å². The molecule has 0 aromatic rings. The van der Waals surface area contributed by atoms with Crippen LogP contribution in [0.5, 0.6) is 0 Å². The maximum absolute atomic E-state index is 5.52. The Balaban J connectivity index is 2.46. The van der Waals surface area contributed by atoms with Gasteiger partial charge in [-0.15, -0.1) is 0 Å². The van der Waals surface area contributed by atoms with Crippen LogP contribution >= 0.6 is 12.6 Å². The summed E-state index contributed by atoms with van der Waals surface area (Å²) in [5.41, 5.74) is 0. The third-order valence-corrected chi connectivity index (χ3v) is 3.94. The van der Waals surface area contributed by atoms with Gasteiger partial charge in [-0.1, -0.05) is 20.8 Å². The lowest BCUT2D eigenvalue weighted by molar-refractivity contribution is -0.0166. The maximum Gasteiger partial charge on any atom is 0.0622 e. The summed E-state index contributed by atoms with van der Waals surface area (Å²) in [5, 5.41) is 0. The van der Waals surface area contributed by atoms with Gasteiger partial charge in [0.05, 0.1) is 13.2 Å². The van der Waals surface area contributed by atoms with Crippen LogP contribution < -0.4 is 0 Å². The van der Waals surface area contributed by atoms with Crippen LogP contribution in [0.3, 0.4) is 0 Å². The van der Waals surface area contributed by atoms with Crippen LogP contribution in [-0.4, -0.2) is 43.0 Å². The second-order valence-electron chi connectivity index (χ2n) is 4.82. The second kappa shape index (κ2) is 6.77. The number of hydrogen-bond donors (Lipinski definition) is 1. The van der Waals surface area contributed by atoms with Crippen molar-refractivity contribution in [3.05, 3.63) is 0 Å². The Bertz CT molecular complexity index is 175. The first-order valence-corrected chi connectivity index (χ1v) is 6.74. The van der Waals surface area contributed by atoms with E-state index >= 15 is 0 Å². The van der Waals surface area contributed by atoms with Crippen molar-refractivity contribution in [1.82, 2.24) is 4.90 Å². The largest absolute Gasteiger partial charge is 0.378 e. The molecule has 1 rings (SSSR count). The average Bonchev–Trinajstić information content (AvgIpc) is 2.25. The lowest BCUT2D eigenvalue weighted by Gasteiger charge is -2.38. The van der Waals surface area contributed by atoms with E-state index in [-0.39, 0.29) is 0 Å². The molecule has 1 saturated heterocycles. The van der Waals surface area contributed by atoms with Gasteiger partial charge in [0, 0.05) is 19.1 Å². The van der Waals surface area contributed by atoms with Gasteiger partial charge in [-0.25, -0.2) is 0 Å². The zero-order valence-corrected chi connectivity index (χ0v) is 11.2. The molecular weight excluding hydrogens is 206 g/mol. The van der Waals surface area contributed by atoms with Gasteiger partial charge in [-0.05, 0) is 24.0 Å². The molecule has 2 unspecified atom stereocenters. The van der Waals surface area contributed by atoms with Crippen LogP contribution in [0, 0.1) is 11.8 Å². The summed E-state index contributed by atoms with van der Waals surface area (Å²) in [6, 6.07) is 0.625. The molecule has 90 valence electrons. The molecule has 0 N–H and O–H groups in total. The minimum Gasteiger partial charge on any atom is -0.378 e. The molecule has 0 amide bonds. The Morgan fingerprint density at radius 3 is 2.73 bits per heavy atom. The predicted octanol–water partition coefficient (Wildman–Crippen LogP) is 2.30. The molecule has 3 heteroatoms. The van der Waals surface area contributed by atoms with Crippen molar-refractivity contribution in [2.24, 2.45) is 11.8 Å². The minimum absolute atomic E-state index is 0.625. The summed E-state index contributed by atoms with van der Waals surface area (Å²) in [5.74, 6) is 2.43. The zero-order valence-electron chi connectivity index (χ0n) is 10.3. The van der Waals surface area contributed by atoms with Crippen molar-refractivity contribution in [1.29, 1.82) is 0 Å². The SMILES string of the molecule is CCC1COCCN1CC(CS)C(C)C. The Hall–Kier alpha value is 0.270. The third kappa shape index (κ3) is 3.97. The fourth-order valence-corrected chi connectivity index (χ4v) is 2.62. The summed E-state index contributed by atoms with van der Waals surface area (Å²) in [6.45, 7) is 10.9. The number of nitrogens with zero attached hydrogens (tertiary/aromatic N) is 1. The van der Waals surface area contributed by atoms with Crippen LogP contribution in [0.4, 0.5) is 0 Å². The van der Waals surface area contributed by atoms with Crippen molar-refractivity contribution in [3.8, 4) is 0 Å². The highest BCUT2D eigenvalue weighted by Crippen LogP contribution is 2.18. The highest BCUT2D eigenvalue weighted by atomic mass is 32.1. The smallest absolute Gasteiger partial charge is 0.0622 e. The normalized spacial score (nSPS) is 25.8. The molecule has 15 heavy (non-hydrogen) atoms. The number of hydrogen-bond acceptors (Lipinski definition) is 3. The second-order valence-corrected chi connectivity index (χ2v) is 5.18. The van der Waals surface area contributed by atoms with Gasteiger partial charge in [-0.3, -0.25) is 4.90 Å². The molecule has 0 aliphatic carbocycles. The molecule has 0 saturated carbocycles. The fraction of sp³-hybridized carbons (Fsp3) is 1.00. The molecule has 1 aliphatic heterocycles. The standard InChI is InChI=1S/C12H25NOS/c1-4-12-8-14-6-5-13(12)7-11(9-15)10(2)3/h10-12,15H,4-9H2,1-3H3. The summed E-state index contributed by atoms with van der Waals surface area (Å²) < 4.78 is 5.52. The summed E-state index contributed by atoms with van der Waals surface area (Å²) in [6.07, 6.45) is 1.19. The summed E-state index contributed by atoms with van der Waals surface area (Å²) in [7, 11) is 0. The number of ether oxygens (including phenoxy) is 1. The number of rotatable bonds is 5. The van der Waals surface area contributed by atoms with Crippen LogP contribution in [0.15, 0.2) is 0 Å². The molecule has 0 aromatic carbocycles. The summed E-state index contributed by atoms with van der Waals surface area (Å²) >= 11 is 4.46. The minimum atomic E-state index is 0.625. The van der Waals surface area contributed by atoms with Gasteiger partial charge in [0.15, 0.2) is 0 Å². The third-order valence-electron chi connectivity index (χ3n) is 3.47. The van der Waals surface area contributed by atoms with Gasteiger partial charge in [-0.2, -0.15) is 12.6 Å². The first kappa shape index (κ1) is 13.3. The molecule has 2 atom stereocenters. The molecule has 0 aromatic heterocycles. The number of morpholine rings is 1. The lowest BCUT2D eigenvalue weighted by atomic mass is 9.96. The van der Waals surface area contributed by atoms with E-state index < -0.39 is 0 Å². The van der Waals surface area contributed by atoms with Gasteiger partial charge >= 0.3 is 0 Å². The van der Waals surface area contributed by atoms with Crippen molar-refractivity contribution < 1.29 is 4.74 Å². The van der Waals surface area contributed by atoms with Gasteiger partial charge in [0.25, 0.3) is 0 Å². The monoisotopic (exact) mass is 231 g/mol. The molecule has 1 aliphatic rings. The van der Waals surface area contributed by atoms with E-state index in [1.54, 1.807) is 0 Å². The van der Waals surface area contributed by atoms with E-state index in [0.29, 0.717) is 12.0 Å². The van der Waals surface area contributed by atoms with Gasteiger partial charge in [0.2, 0.25) is 0 Å². The molecule has 0 spiro atoms. The van der Waals surface area contributed by atoms with Crippen molar-refractivity contribution >= 4 is 12.6 Å². The highest BCUT2D eigenvalue weighted by Gasteiger charge is 2.24. The van der Waals surface area contributed by atoms with Crippen molar-refractivity contribution in [2.45, 2.75) is 33.2 Å². The Morgan fingerprint density at radius 2 is 2.20 bits per heavy atom. The topological polar surface area (TPSA) is 12.5 Å². The van der Waals surface area contributed by atoms with Crippen molar-refractivity contribution in [3.63, 3.8) is 0 Å². The van der Waals surface area contributed by atoms with E-state index in [1.807, 2.05) is 0 Å². The van der Waals surface area contributed by atoms with Gasteiger partial charge < -0.3 is 4.74 Å². The van der Waals surface area contributed by atoms with Crippen LogP contribution in [0.1, 0.15) is 27.2 Å². The number of thiol groups is 1. The highest BCUT2D eigenvalue weighted by molar-refractivity contribution is 7.80. The molecular formula is C12H25NOS. The van der Waals surface area contributed by atoms with Gasteiger partial charge in [0.1, 0.15) is 0 Å². The maximum atomic E-state index is 5.52. The van der Waals surface area contributed by atoms with Crippen LogP contribution in [0.2, 0.25) is 0 Å². The van der Waals surface area contributed by atoms with Crippen LogP contribution in [0.25, 0.3) is 0 Å². The van der Waals surface area contributed by atoms with E-state index in [2.05, 4.69) is 38.3 Å². The Kier molecular flexibility index (Phi) is 6.02. The quantitative estimate of drug-likeness (QED) is 0.729. The van der Waals surface area contributed by atoms with E-state index in [1.165, 1.54) is 13.0 Å². The predicted molar refractivity (Wildman–Crippen MR) is 68.7 cm³/mol. The van der Waals surface area contributed by atoms with Crippen molar-refractivity contribution in [2.75, 3.05) is 32.1 Å². The molecule has 0 radical (unpaired) electrons. The average molecular weight is 231 g/mol. The Morgan fingerprint density at radius 1 is 1.47 bits per heavy atom.